The lowest BCUT2D eigenvalue weighted by Crippen LogP contribution is -2.07. The minimum Gasteiger partial charge on any atom is -0.308 e. The van der Waals surface area contributed by atoms with E-state index in [1.165, 1.54) is 24.3 Å². The molecule has 0 unspecified atom stereocenters. The maximum absolute atomic E-state index is 14.8. The van der Waals surface area contributed by atoms with E-state index < -0.39 is 35.2 Å². The van der Waals surface area contributed by atoms with Crippen LogP contribution in [-0.2, 0) is 18.5 Å². The molecule has 0 saturated heterocycles. The molecule has 9 aromatic carbocycles. The van der Waals surface area contributed by atoms with Crippen LogP contribution in [0.5, 0.6) is 0 Å². The van der Waals surface area contributed by atoms with Crippen molar-refractivity contribution in [2.75, 3.05) is 0 Å². The van der Waals surface area contributed by atoms with Gasteiger partial charge in [-0.05, 0) is 133 Å². The quantitative estimate of drug-likeness (QED) is 0.142. The summed E-state index contributed by atoms with van der Waals surface area (Å²) in [7, 11) is 0. The standard InChI is InChI=1S/C64H42F9N3/c1-37-14-17-40(18-15-37)51-34-46(61-74-56(42-10-6-4-7-11-42)36-57(75-61)43-12-8-5-9-13-43)35-52(41-19-23-47(24-20-41)62(65,66)67)60(51)76-58-28-21-44(49-27-25-48(31-39(49)3)63(68,69)70)32-53(58)54-33-45(22-29-59(54)76)50-26-16-38(2)30-55(50)64(71,72)73/h4-36H,1-3H3. The van der Waals surface area contributed by atoms with Gasteiger partial charge in [-0.3, -0.25) is 0 Å². The molecule has 3 nitrogen and oxygen atoms in total. The second kappa shape index (κ2) is 18.9. The minimum atomic E-state index is -4.70. The van der Waals surface area contributed by atoms with Gasteiger partial charge >= 0.3 is 18.5 Å². The van der Waals surface area contributed by atoms with Crippen LogP contribution in [0.3, 0.4) is 0 Å². The Bertz CT molecular complexity index is 3950. The fraction of sp³-hybridized carbons (Fsp3) is 0.0938. The summed E-state index contributed by atoms with van der Waals surface area (Å²) >= 11 is 0. The van der Waals surface area contributed by atoms with Gasteiger partial charge in [0.15, 0.2) is 5.82 Å². The third-order valence-corrected chi connectivity index (χ3v) is 13.8. The third kappa shape index (κ3) is 9.40. The lowest BCUT2D eigenvalue weighted by atomic mass is 9.91. The van der Waals surface area contributed by atoms with E-state index >= 15 is 0 Å². The molecule has 0 bridgehead atoms. The molecule has 0 saturated carbocycles. The number of fused-ring (bicyclic) bond motifs is 3. The van der Waals surface area contributed by atoms with Crippen LogP contribution in [0.2, 0.25) is 0 Å². The highest BCUT2D eigenvalue weighted by molar-refractivity contribution is 6.13. The average Bonchev–Trinajstić information content (AvgIpc) is 3.76. The molecule has 0 aliphatic heterocycles. The molecule has 0 fully saturated rings. The fourth-order valence-corrected chi connectivity index (χ4v) is 10.0. The molecule has 0 aliphatic carbocycles. The Morgan fingerprint density at radius 2 is 0.803 bits per heavy atom. The average molecular weight is 1020 g/mol. The zero-order chi connectivity index (χ0) is 53.3. The van der Waals surface area contributed by atoms with E-state index in [0.29, 0.717) is 89.2 Å². The van der Waals surface area contributed by atoms with Gasteiger partial charge in [0.1, 0.15) is 0 Å². The normalized spacial score (nSPS) is 12.2. The number of rotatable bonds is 8. The van der Waals surface area contributed by atoms with Gasteiger partial charge in [0, 0.05) is 38.6 Å². The number of benzene rings is 9. The Kier molecular flexibility index (Phi) is 12.3. The van der Waals surface area contributed by atoms with Crippen LogP contribution < -0.4 is 0 Å². The second-order valence-electron chi connectivity index (χ2n) is 18.9. The van der Waals surface area contributed by atoms with E-state index in [-0.39, 0.29) is 11.1 Å². The highest BCUT2D eigenvalue weighted by Gasteiger charge is 2.35. The van der Waals surface area contributed by atoms with Gasteiger partial charge in [0.2, 0.25) is 0 Å². The Morgan fingerprint density at radius 3 is 1.30 bits per heavy atom. The topological polar surface area (TPSA) is 30.7 Å². The monoisotopic (exact) mass is 1020 g/mol. The molecule has 2 heterocycles. The van der Waals surface area contributed by atoms with E-state index in [0.717, 1.165) is 52.6 Å². The number of hydrogen-bond donors (Lipinski definition) is 0. The Hall–Kier alpha value is -8.77. The summed E-state index contributed by atoms with van der Waals surface area (Å²) in [4.78, 5) is 10.3. The molecule has 0 N–H and O–H groups in total. The smallest absolute Gasteiger partial charge is 0.308 e. The number of aryl methyl sites for hydroxylation is 3. The van der Waals surface area contributed by atoms with Gasteiger partial charge in [-0.2, -0.15) is 39.5 Å². The SMILES string of the molecule is Cc1ccc(-c2cc(-c3nc(-c4ccccc4)cc(-c4ccccc4)n3)cc(-c3ccc(C(F)(F)F)cc3)c2-n2c3ccc(-c4ccc(C(F)(F)F)cc4C)cc3c3cc(-c4ccc(C)cc4C(F)(F)F)ccc32)cc1. The predicted molar refractivity (Wildman–Crippen MR) is 284 cm³/mol. The van der Waals surface area contributed by atoms with Gasteiger partial charge in [-0.25, -0.2) is 9.97 Å². The van der Waals surface area contributed by atoms with Crippen LogP contribution in [0.15, 0.2) is 200 Å². The first-order valence-corrected chi connectivity index (χ1v) is 24.2. The molecule has 0 radical (unpaired) electrons. The lowest BCUT2D eigenvalue weighted by molar-refractivity contribution is -0.138. The van der Waals surface area contributed by atoms with Crippen LogP contribution in [0, 0.1) is 20.8 Å². The molecule has 0 atom stereocenters. The lowest BCUT2D eigenvalue weighted by Gasteiger charge is -2.22. The van der Waals surface area contributed by atoms with Gasteiger partial charge < -0.3 is 4.57 Å². The molecule has 376 valence electrons. The van der Waals surface area contributed by atoms with Crippen molar-refractivity contribution in [3.8, 4) is 84.1 Å². The number of halogens is 9. The number of hydrogen-bond acceptors (Lipinski definition) is 2. The van der Waals surface area contributed by atoms with E-state index in [4.69, 9.17) is 9.97 Å². The number of nitrogens with zero attached hydrogens (tertiary/aromatic N) is 3. The van der Waals surface area contributed by atoms with Crippen LogP contribution in [0.25, 0.3) is 106 Å². The Balaban J connectivity index is 1.26. The molecular weight excluding hydrogens is 982 g/mol. The molecule has 0 aliphatic rings. The maximum Gasteiger partial charge on any atom is 0.417 e. The van der Waals surface area contributed by atoms with Crippen molar-refractivity contribution in [2.45, 2.75) is 39.3 Å². The molecule has 12 heteroatoms. The van der Waals surface area contributed by atoms with E-state index in [1.54, 1.807) is 44.2 Å². The van der Waals surface area contributed by atoms with E-state index in [2.05, 4.69) is 0 Å². The maximum atomic E-state index is 14.8. The van der Waals surface area contributed by atoms with Gasteiger partial charge in [0.25, 0.3) is 0 Å². The molecule has 0 spiro atoms. The molecule has 11 rings (SSSR count). The van der Waals surface area contributed by atoms with Crippen molar-refractivity contribution in [1.82, 2.24) is 14.5 Å². The zero-order valence-corrected chi connectivity index (χ0v) is 40.8. The number of aromatic nitrogens is 3. The molecule has 11 aromatic rings. The molecule has 0 amide bonds. The summed E-state index contributed by atoms with van der Waals surface area (Å²) in [5.74, 6) is 0.329. The molecular formula is C64H42F9N3. The zero-order valence-electron chi connectivity index (χ0n) is 40.8. The summed E-state index contributed by atoms with van der Waals surface area (Å²) in [6, 6.07) is 55.6. The predicted octanol–water partition coefficient (Wildman–Crippen LogP) is 19.2. The number of alkyl halides is 9. The van der Waals surface area contributed by atoms with Crippen LogP contribution >= 0.6 is 0 Å². The van der Waals surface area contributed by atoms with E-state index in [1.807, 2.05) is 127 Å². The third-order valence-electron chi connectivity index (χ3n) is 13.8. The molecule has 2 aromatic heterocycles. The minimum absolute atomic E-state index is 0.0571. The molecule has 76 heavy (non-hydrogen) atoms. The highest BCUT2D eigenvalue weighted by atomic mass is 19.4. The highest BCUT2D eigenvalue weighted by Crippen LogP contribution is 2.47. The first kappa shape index (κ1) is 49.4. The van der Waals surface area contributed by atoms with E-state index in [9.17, 15) is 39.5 Å². The van der Waals surface area contributed by atoms with Crippen LogP contribution in [0.4, 0.5) is 39.5 Å². The van der Waals surface area contributed by atoms with Crippen LogP contribution in [-0.4, -0.2) is 14.5 Å². The van der Waals surface area contributed by atoms with Crippen molar-refractivity contribution >= 4 is 21.8 Å². The Labute approximate surface area is 431 Å². The van der Waals surface area contributed by atoms with Crippen molar-refractivity contribution in [2.24, 2.45) is 0 Å². The second-order valence-corrected chi connectivity index (χ2v) is 18.9. The summed E-state index contributed by atoms with van der Waals surface area (Å²) in [6.07, 6.45) is -13.9. The van der Waals surface area contributed by atoms with Crippen molar-refractivity contribution in [1.29, 1.82) is 0 Å². The first-order valence-electron chi connectivity index (χ1n) is 24.2. The van der Waals surface area contributed by atoms with Crippen LogP contribution in [0.1, 0.15) is 33.4 Å². The summed E-state index contributed by atoms with van der Waals surface area (Å²) in [6.45, 7) is 5.11. The summed E-state index contributed by atoms with van der Waals surface area (Å²) in [5.41, 5.74) is 7.75. The fourth-order valence-electron chi connectivity index (χ4n) is 10.0. The Morgan fingerprint density at radius 1 is 0.342 bits per heavy atom. The largest absolute Gasteiger partial charge is 0.417 e. The summed E-state index contributed by atoms with van der Waals surface area (Å²) < 4.78 is 131. The van der Waals surface area contributed by atoms with Crippen molar-refractivity contribution in [3.63, 3.8) is 0 Å². The first-order chi connectivity index (χ1) is 36.3. The van der Waals surface area contributed by atoms with Gasteiger partial charge in [0.05, 0.1) is 44.8 Å². The summed E-state index contributed by atoms with van der Waals surface area (Å²) in [5, 5.41) is 1.06. The van der Waals surface area contributed by atoms with Gasteiger partial charge in [-0.1, -0.05) is 139 Å². The van der Waals surface area contributed by atoms with Gasteiger partial charge in [-0.15, -0.1) is 0 Å². The van der Waals surface area contributed by atoms with Crippen molar-refractivity contribution < 1.29 is 39.5 Å². The van der Waals surface area contributed by atoms with Crippen molar-refractivity contribution in [3.05, 3.63) is 234 Å².